The zero-order valence-electron chi connectivity index (χ0n) is 29.9. The number of anilines is 1. The molecule has 12 heteroatoms. The molecule has 0 unspecified atom stereocenters. The van der Waals surface area contributed by atoms with Crippen LogP contribution in [0.4, 0.5) is 5.82 Å². The molecule has 2 fully saturated rings. The van der Waals surface area contributed by atoms with E-state index in [1.807, 2.05) is 43.0 Å². The zero-order valence-corrected chi connectivity index (χ0v) is 31.5. The Morgan fingerprint density at radius 2 is 1.71 bits per heavy atom. The van der Waals surface area contributed by atoms with Gasteiger partial charge < -0.3 is 15.0 Å². The first-order valence-corrected chi connectivity index (χ1v) is 19.1. The summed E-state index contributed by atoms with van der Waals surface area (Å²) in [4.78, 5) is 56.8. The van der Waals surface area contributed by atoms with Gasteiger partial charge in [-0.1, -0.05) is 57.9 Å². The maximum Gasteiger partial charge on any atom is 0.248 e. The summed E-state index contributed by atoms with van der Waals surface area (Å²) in [6.45, 7) is 7.86. The summed E-state index contributed by atoms with van der Waals surface area (Å²) in [6, 6.07) is 6.85. The van der Waals surface area contributed by atoms with Crippen LogP contribution >= 0.6 is 15.9 Å². The lowest BCUT2D eigenvalue weighted by molar-refractivity contribution is -0.138. The minimum absolute atomic E-state index is 0.0379. The second kappa shape index (κ2) is 14.4. The van der Waals surface area contributed by atoms with Crippen molar-refractivity contribution in [2.45, 2.75) is 111 Å². The van der Waals surface area contributed by atoms with Gasteiger partial charge in [0.25, 0.3) is 0 Å². The number of piperidine rings is 1. The Hall–Kier alpha value is -4.19. The van der Waals surface area contributed by atoms with Gasteiger partial charge in [0.05, 0.1) is 12.1 Å². The number of benzene rings is 1. The number of aromatic nitrogens is 5. The molecule has 4 atom stereocenters. The summed E-state index contributed by atoms with van der Waals surface area (Å²) >= 11 is 3.42. The van der Waals surface area contributed by atoms with E-state index in [4.69, 9.17) is 9.84 Å². The molecular formula is C39H46BrN7O4. The average Bonchev–Trinajstić information content (AvgIpc) is 3.36. The van der Waals surface area contributed by atoms with Crippen molar-refractivity contribution >= 4 is 50.2 Å². The number of hydrogen-bond donors (Lipinski definition) is 1. The Kier molecular flexibility index (Phi) is 9.97. The van der Waals surface area contributed by atoms with Crippen LogP contribution in [0, 0.1) is 25.2 Å². The van der Waals surface area contributed by atoms with Crippen LogP contribution in [0.5, 0.6) is 5.75 Å². The third kappa shape index (κ3) is 6.91. The Morgan fingerprint density at radius 3 is 2.43 bits per heavy atom. The number of nitrogens with zero attached hydrogens (tertiary/aromatic N) is 6. The number of ketones is 1. The van der Waals surface area contributed by atoms with E-state index in [0.717, 1.165) is 48.8 Å². The zero-order chi connectivity index (χ0) is 35.9. The quantitative estimate of drug-likeness (QED) is 0.166. The standard InChI is InChI=1S/C39H46BrN7O4/c1-23-13-14-33(40)43-37(23)44-38(50)31-19-39-15-11-9-7-5-6-8-10-12-16-51-32-18-30-29(17-28(32)27-20-41-26(4)42-21-27)35(25(3)48)45-46(30)22-34(49)47(31)36(39)24(39)2/h13-14,17-18,20-21,24,31,36H,5-12,15-16,19,22H2,1-4H3,(H,43,44,50)/t24-,31-,36+,39-/m0/s1. The van der Waals surface area contributed by atoms with Gasteiger partial charge in [0.15, 0.2) is 5.78 Å². The SMILES string of the molecule is CC(=O)c1nn2c3cc(c(-c4cnc(C)nc4)cc13)OCCCCCCCCCC[C@@]13C[C@@H](C(=O)Nc4nc(Br)ccc4C)N(C(=O)C2)[C@@H]1[C@@H]3C. The maximum absolute atomic E-state index is 14.6. The molecule has 3 aliphatic rings. The van der Waals surface area contributed by atoms with Crippen LogP contribution in [0.25, 0.3) is 22.0 Å². The molecule has 0 radical (unpaired) electrons. The van der Waals surface area contributed by atoms with Crippen LogP contribution in [0.2, 0.25) is 0 Å². The highest BCUT2D eigenvalue weighted by molar-refractivity contribution is 9.10. The molecule has 268 valence electrons. The lowest BCUT2D eigenvalue weighted by Crippen LogP contribution is -2.47. The van der Waals surface area contributed by atoms with Crippen molar-refractivity contribution in [3.8, 4) is 16.9 Å². The predicted molar refractivity (Wildman–Crippen MR) is 198 cm³/mol. The Bertz CT molecular complexity index is 1980. The van der Waals surface area contributed by atoms with Gasteiger partial charge in [-0.25, -0.2) is 15.0 Å². The van der Waals surface area contributed by atoms with E-state index < -0.39 is 6.04 Å². The second-order valence-electron chi connectivity index (χ2n) is 14.7. The van der Waals surface area contributed by atoms with Crippen molar-refractivity contribution in [3.63, 3.8) is 0 Å². The number of fused-ring (bicyclic) bond motifs is 1. The van der Waals surface area contributed by atoms with E-state index in [9.17, 15) is 14.4 Å². The van der Waals surface area contributed by atoms with Crippen LogP contribution in [0.1, 0.15) is 99.9 Å². The molecule has 11 nitrogen and oxygen atoms in total. The van der Waals surface area contributed by atoms with Crippen LogP contribution in [-0.2, 0) is 16.1 Å². The van der Waals surface area contributed by atoms with E-state index in [2.05, 4.69) is 43.1 Å². The molecule has 2 amide bonds. The number of ether oxygens (including phenoxy) is 1. The van der Waals surface area contributed by atoms with Crippen molar-refractivity contribution in [1.82, 2.24) is 29.6 Å². The summed E-state index contributed by atoms with van der Waals surface area (Å²) in [5.74, 6) is 1.41. The molecule has 2 aliphatic heterocycles. The smallest absolute Gasteiger partial charge is 0.248 e. The maximum atomic E-state index is 14.6. The first kappa shape index (κ1) is 35.2. The molecule has 4 bridgehead atoms. The van der Waals surface area contributed by atoms with Gasteiger partial charge in [0, 0.05) is 47.9 Å². The van der Waals surface area contributed by atoms with Crippen LogP contribution in [0.15, 0.2) is 41.3 Å². The van der Waals surface area contributed by atoms with Gasteiger partial charge in [0.2, 0.25) is 11.8 Å². The number of carbonyl (C=O) groups excluding carboxylic acids is 3. The molecule has 0 spiro atoms. The number of halogens is 1. The Balaban J connectivity index is 1.28. The van der Waals surface area contributed by atoms with E-state index in [0.29, 0.717) is 45.9 Å². The number of pyridine rings is 1. The highest BCUT2D eigenvalue weighted by Crippen LogP contribution is 2.67. The topological polar surface area (TPSA) is 132 Å². The molecule has 7 rings (SSSR count). The molecule has 3 aromatic heterocycles. The summed E-state index contributed by atoms with van der Waals surface area (Å²) in [5.41, 5.74) is 3.18. The molecular weight excluding hydrogens is 710 g/mol. The highest BCUT2D eigenvalue weighted by atomic mass is 79.9. The third-order valence-corrected chi connectivity index (χ3v) is 11.8. The molecule has 1 saturated carbocycles. The highest BCUT2D eigenvalue weighted by Gasteiger charge is 2.71. The summed E-state index contributed by atoms with van der Waals surface area (Å²) < 4.78 is 8.66. The molecule has 4 aromatic rings. The van der Waals surface area contributed by atoms with Crippen LogP contribution in [-0.4, -0.2) is 65.9 Å². The van der Waals surface area contributed by atoms with E-state index in [1.54, 1.807) is 17.1 Å². The monoisotopic (exact) mass is 755 g/mol. The van der Waals surface area contributed by atoms with Crippen molar-refractivity contribution in [2.75, 3.05) is 11.9 Å². The van der Waals surface area contributed by atoms with Gasteiger partial charge in [-0.3, -0.25) is 19.1 Å². The molecule has 5 heterocycles. The predicted octanol–water partition coefficient (Wildman–Crippen LogP) is 7.62. The molecule has 1 aliphatic carbocycles. The fourth-order valence-electron chi connectivity index (χ4n) is 8.47. The number of carbonyl (C=O) groups is 3. The minimum Gasteiger partial charge on any atom is -0.493 e. The number of hydrogen-bond acceptors (Lipinski definition) is 8. The van der Waals surface area contributed by atoms with Gasteiger partial charge in [-0.15, -0.1) is 0 Å². The van der Waals surface area contributed by atoms with Crippen molar-refractivity contribution in [1.29, 1.82) is 0 Å². The number of rotatable bonds is 4. The Labute approximate surface area is 307 Å². The van der Waals surface area contributed by atoms with Crippen LogP contribution in [0.3, 0.4) is 0 Å². The lowest BCUT2D eigenvalue weighted by Gasteiger charge is -2.28. The number of nitrogens with one attached hydrogen (secondary N) is 1. The van der Waals surface area contributed by atoms with Gasteiger partial charge in [-0.2, -0.15) is 5.10 Å². The van der Waals surface area contributed by atoms with Crippen molar-refractivity contribution in [2.24, 2.45) is 11.3 Å². The summed E-state index contributed by atoms with van der Waals surface area (Å²) in [6.07, 6.45) is 14.1. The van der Waals surface area contributed by atoms with Gasteiger partial charge >= 0.3 is 0 Å². The molecule has 1 N–H and O–H groups in total. The van der Waals surface area contributed by atoms with Gasteiger partial charge in [-0.05, 0) is 78.1 Å². The third-order valence-electron chi connectivity index (χ3n) is 11.3. The van der Waals surface area contributed by atoms with Crippen molar-refractivity contribution < 1.29 is 19.1 Å². The minimum atomic E-state index is -0.644. The van der Waals surface area contributed by atoms with E-state index >= 15 is 0 Å². The van der Waals surface area contributed by atoms with Crippen LogP contribution < -0.4 is 10.1 Å². The molecule has 1 aromatic carbocycles. The van der Waals surface area contributed by atoms with E-state index in [-0.39, 0.29) is 47.2 Å². The fraction of sp³-hybridized carbons (Fsp3) is 0.513. The summed E-state index contributed by atoms with van der Waals surface area (Å²) in [5, 5.41) is 8.38. The fourth-order valence-corrected chi connectivity index (χ4v) is 8.78. The normalized spacial score (nSPS) is 24.2. The summed E-state index contributed by atoms with van der Waals surface area (Å²) in [7, 11) is 0. The second-order valence-corrected chi connectivity index (χ2v) is 15.5. The molecule has 51 heavy (non-hydrogen) atoms. The van der Waals surface area contributed by atoms with Crippen molar-refractivity contribution in [3.05, 3.63) is 58.3 Å². The first-order chi connectivity index (χ1) is 24.6. The first-order valence-electron chi connectivity index (χ1n) is 18.3. The number of Topliss-reactive ketones (excluding diaryl/α,β-unsaturated/α-hetero) is 1. The van der Waals surface area contributed by atoms with Gasteiger partial charge in [0.1, 0.15) is 40.3 Å². The average molecular weight is 757 g/mol. The molecule has 1 saturated heterocycles. The largest absolute Gasteiger partial charge is 0.493 e. The number of aryl methyl sites for hydroxylation is 2. The van der Waals surface area contributed by atoms with E-state index in [1.165, 1.54) is 32.6 Å². The lowest BCUT2D eigenvalue weighted by atomic mass is 9.89. The number of amides is 2. The Morgan fingerprint density at radius 1 is 1.00 bits per heavy atom.